The maximum absolute atomic E-state index is 8.68. The van der Waals surface area contributed by atoms with Crippen LogP contribution in [0.2, 0.25) is 0 Å². The zero-order valence-electron chi connectivity index (χ0n) is 8.86. The molecule has 0 amide bonds. The Labute approximate surface area is 89.5 Å². The van der Waals surface area contributed by atoms with Crippen molar-refractivity contribution >= 4 is 11.8 Å². The highest BCUT2D eigenvalue weighted by atomic mass is 32.2. The number of thioether (sulfide) groups is 1. The van der Waals surface area contributed by atoms with E-state index in [4.69, 9.17) is 5.11 Å². The second-order valence-electron chi connectivity index (χ2n) is 3.07. The van der Waals surface area contributed by atoms with E-state index >= 15 is 0 Å². The van der Waals surface area contributed by atoms with E-state index in [0.29, 0.717) is 0 Å². The van der Waals surface area contributed by atoms with Gasteiger partial charge in [-0.3, -0.25) is 4.68 Å². The van der Waals surface area contributed by atoms with E-state index in [9.17, 15) is 0 Å². The van der Waals surface area contributed by atoms with Gasteiger partial charge in [-0.2, -0.15) is 16.9 Å². The molecule has 1 aromatic rings. The Hall–Kier alpha value is -0.480. The van der Waals surface area contributed by atoms with Crippen LogP contribution in [0.4, 0.5) is 0 Å². The summed E-state index contributed by atoms with van der Waals surface area (Å²) in [5.41, 5.74) is 2.43. The van der Waals surface area contributed by atoms with Crippen molar-refractivity contribution in [2.24, 2.45) is 0 Å². The molecule has 0 unspecified atom stereocenters. The lowest BCUT2D eigenvalue weighted by Crippen LogP contribution is -2.02. The topological polar surface area (TPSA) is 38.0 Å². The van der Waals surface area contributed by atoms with Gasteiger partial charge in [-0.1, -0.05) is 6.92 Å². The van der Waals surface area contributed by atoms with Crippen LogP contribution in [0, 0.1) is 0 Å². The molecule has 0 saturated carbocycles. The van der Waals surface area contributed by atoms with Crippen molar-refractivity contribution in [2.75, 3.05) is 12.4 Å². The summed E-state index contributed by atoms with van der Waals surface area (Å²) in [4.78, 5) is 0. The molecule has 0 aliphatic heterocycles. The number of rotatable bonds is 6. The normalized spacial score (nSPS) is 10.8. The molecule has 1 rings (SSSR count). The van der Waals surface area contributed by atoms with Crippen molar-refractivity contribution in [1.82, 2.24) is 9.78 Å². The van der Waals surface area contributed by atoms with Crippen molar-refractivity contribution in [3.05, 3.63) is 17.5 Å². The molecule has 0 bridgehead atoms. The highest BCUT2D eigenvalue weighted by Gasteiger charge is 2.04. The van der Waals surface area contributed by atoms with Gasteiger partial charge in [0.25, 0.3) is 0 Å². The molecule has 1 aromatic heterocycles. The van der Waals surface area contributed by atoms with Crippen LogP contribution >= 0.6 is 11.8 Å². The Morgan fingerprint density at radius 2 is 2.29 bits per heavy atom. The third kappa shape index (κ3) is 3.03. The lowest BCUT2D eigenvalue weighted by atomic mass is 10.3. The van der Waals surface area contributed by atoms with Gasteiger partial charge in [-0.25, -0.2) is 0 Å². The van der Waals surface area contributed by atoms with E-state index < -0.39 is 0 Å². The summed E-state index contributed by atoms with van der Waals surface area (Å²) in [7, 11) is 0. The number of aromatic nitrogens is 2. The van der Waals surface area contributed by atoms with Gasteiger partial charge >= 0.3 is 0 Å². The summed E-state index contributed by atoms with van der Waals surface area (Å²) >= 11 is 1.75. The van der Waals surface area contributed by atoms with Crippen LogP contribution in [0.5, 0.6) is 0 Å². The molecule has 0 aliphatic carbocycles. The highest BCUT2D eigenvalue weighted by Crippen LogP contribution is 2.13. The second kappa shape index (κ2) is 6.09. The van der Waals surface area contributed by atoms with Crippen LogP contribution < -0.4 is 0 Å². The fourth-order valence-electron chi connectivity index (χ4n) is 1.32. The van der Waals surface area contributed by atoms with E-state index in [2.05, 4.69) is 25.0 Å². The summed E-state index contributed by atoms with van der Waals surface area (Å²) < 4.78 is 2.04. The van der Waals surface area contributed by atoms with Gasteiger partial charge in [-0.05, 0) is 19.4 Å². The minimum Gasteiger partial charge on any atom is -0.396 e. The molecule has 3 nitrogen and oxygen atoms in total. The van der Waals surface area contributed by atoms with Crippen molar-refractivity contribution in [3.63, 3.8) is 0 Å². The molecule has 80 valence electrons. The number of nitrogens with zero attached hydrogens (tertiary/aromatic N) is 2. The third-order valence-corrected chi connectivity index (χ3v) is 3.03. The molecule has 0 atom stereocenters. The molecule has 0 spiro atoms. The fourth-order valence-corrected chi connectivity index (χ4v) is 2.03. The number of hydrogen-bond acceptors (Lipinski definition) is 3. The second-order valence-corrected chi connectivity index (χ2v) is 4.18. The Bertz CT molecular complexity index is 273. The molecular weight excluding hydrogens is 196 g/mol. The zero-order valence-corrected chi connectivity index (χ0v) is 9.68. The predicted molar refractivity (Wildman–Crippen MR) is 60.5 cm³/mol. The van der Waals surface area contributed by atoms with Crippen molar-refractivity contribution in [2.45, 2.75) is 32.6 Å². The molecule has 0 fully saturated rings. The molecular formula is C10H18N2OS. The van der Waals surface area contributed by atoms with Gasteiger partial charge < -0.3 is 5.11 Å². The number of aliphatic hydroxyl groups excluding tert-OH is 1. The fraction of sp³-hybridized carbons (Fsp3) is 0.700. The lowest BCUT2D eigenvalue weighted by Gasteiger charge is -2.02. The molecule has 1 N–H and O–H groups in total. The number of hydrogen-bond donors (Lipinski definition) is 1. The Balaban J connectivity index is 2.59. The SMILES string of the molecule is CCc1cc(CSCCO)n(CC)n1. The summed E-state index contributed by atoms with van der Waals surface area (Å²) in [6.45, 7) is 5.40. The average Bonchev–Trinajstić information content (AvgIpc) is 2.61. The maximum Gasteiger partial charge on any atom is 0.0625 e. The summed E-state index contributed by atoms with van der Waals surface area (Å²) in [5, 5.41) is 13.1. The first-order chi connectivity index (χ1) is 6.81. The number of aryl methyl sites for hydroxylation is 2. The summed E-state index contributed by atoms with van der Waals surface area (Å²) in [5.74, 6) is 1.75. The minimum absolute atomic E-state index is 0.256. The first-order valence-corrected chi connectivity index (χ1v) is 6.21. The maximum atomic E-state index is 8.68. The quantitative estimate of drug-likeness (QED) is 0.732. The Morgan fingerprint density at radius 3 is 2.86 bits per heavy atom. The molecule has 0 saturated heterocycles. The highest BCUT2D eigenvalue weighted by molar-refractivity contribution is 7.98. The van der Waals surface area contributed by atoms with Gasteiger partial charge in [0, 0.05) is 23.7 Å². The van der Waals surface area contributed by atoms with Gasteiger partial charge in [0.15, 0.2) is 0 Å². The predicted octanol–water partition coefficient (Wildman–Crippen LogP) is 1.69. The standard InChI is InChI=1S/C10H18N2OS/c1-3-9-7-10(8-14-6-5-13)12(4-2)11-9/h7,13H,3-6,8H2,1-2H3. The Kier molecular flexibility index (Phi) is 5.04. The van der Waals surface area contributed by atoms with Gasteiger partial charge in [0.05, 0.1) is 12.3 Å². The van der Waals surface area contributed by atoms with E-state index in [0.717, 1.165) is 30.2 Å². The van der Waals surface area contributed by atoms with E-state index in [1.54, 1.807) is 11.8 Å². The third-order valence-electron chi connectivity index (χ3n) is 2.06. The monoisotopic (exact) mass is 214 g/mol. The van der Waals surface area contributed by atoms with E-state index in [1.165, 1.54) is 5.69 Å². The summed E-state index contributed by atoms with van der Waals surface area (Å²) in [6.07, 6.45) is 0.991. The zero-order chi connectivity index (χ0) is 10.4. The van der Waals surface area contributed by atoms with Crippen LogP contribution in [0.3, 0.4) is 0 Å². The molecule has 0 aromatic carbocycles. The van der Waals surface area contributed by atoms with Crippen LogP contribution in [0.1, 0.15) is 25.2 Å². The molecule has 14 heavy (non-hydrogen) atoms. The van der Waals surface area contributed by atoms with Crippen LogP contribution in [-0.2, 0) is 18.7 Å². The largest absolute Gasteiger partial charge is 0.396 e. The summed E-state index contributed by atoms with van der Waals surface area (Å²) in [6, 6.07) is 2.16. The first-order valence-electron chi connectivity index (χ1n) is 5.06. The molecule has 4 heteroatoms. The van der Waals surface area contributed by atoms with Crippen LogP contribution in [0.25, 0.3) is 0 Å². The van der Waals surface area contributed by atoms with Crippen LogP contribution in [0.15, 0.2) is 6.07 Å². The lowest BCUT2D eigenvalue weighted by molar-refractivity contribution is 0.322. The van der Waals surface area contributed by atoms with Crippen molar-refractivity contribution in [1.29, 1.82) is 0 Å². The molecule has 1 heterocycles. The van der Waals surface area contributed by atoms with Crippen molar-refractivity contribution < 1.29 is 5.11 Å². The van der Waals surface area contributed by atoms with Gasteiger partial charge in [-0.15, -0.1) is 0 Å². The first kappa shape index (κ1) is 11.6. The minimum atomic E-state index is 0.256. The molecule has 0 aliphatic rings. The van der Waals surface area contributed by atoms with E-state index in [1.807, 2.05) is 4.68 Å². The van der Waals surface area contributed by atoms with Gasteiger partial charge in [0.2, 0.25) is 0 Å². The smallest absolute Gasteiger partial charge is 0.0625 e. The van der Waals surface area contributed by atoms with Crippen molar-refractivity contribution in [3.8, 4) is 0 Å². The Morgan fingerprint density at radius 1 is 1.50 bits per heavy atom. The van der Waals surface area contributed by atoms with E-state index in [-0.39, 0.29) is 6.61 Å². The average molecular weight is 214 g/mol. The number of aliphatic hydroxyl groups is 1. The van der Waals surface area contributed by atoms with Gasteiger partial charge in [0.1, 0.15) is 0 Å². The molecule has 0 radical (unpaired) electrons. The van der Waals surface area contributed by atoms with Crippen LogP contribution in [-0.4, -0.2) is 27.2 Å².